The summed E-state index contributed by atoms with van der Waals surface area (Å²) in [6, 6.07) is 0.289. The zero-order chi connectivity index (χ0) is 13.4. The molecule has 2 aliphatic rings. The number of carbonyl (C=O) groups excluding carboxylic acids is 1. The minimum absolute atomic E-state index is 0.111. The van der Waals surface area contributed by atoms with Gasteiger partial charge in [0.25, 0.3) is 0 Å². The fourth-order valence-electron chi connectivity index (χ4n) is 3.09. The molecule has 2 fully saturated rings. The largest absolute Gasteiger partial charge is 0.389 e. The van der Waals surface area contributed by atoms with Gasteiger partial charge in [0, 0.05) is 13.1 Å². The summed E-state index contributed by atoms with van der Waals surface area (Å²) in [5.74, 6) is 0.111. The van der Waals surface area contributed by atoms with E-state index in [1.165, 1.54) is 19.3 Å². The van der Waals surface area contributed by atoms with Crippen LogP contribution in [0.4, 0.5) is 0 Å². The Morgan fingerprint density at radius 2 is 1.78 bits per heavy atom. The first-order chi connectivity index (χ1) is 8.36. The van der Waals surface area contributed by atoms with Gasteiger partial charge in [-0.05, 0) is 38.0 Å². The van der Waals surface area contributed by atoms with Crippen LogP contribution in [0.25, 0.3) is 0 Å². The van der Waals surface area contributed by atoms with Gasteiger partial charge < -0.3 is 10.0 Å². The van der Waals surface area contributed by atoms with Gasteiger partial charge in [0.15, 0.2) is 0 Å². The van der Waals surface area contributed by atoms with Crippen molar-refractivity contribution >= 4 is 5.91 Å². The number of nitrogens with zero attached hydrogens (tertiary/aromatic N) is 1. The number of hydrogen-bond donors (Lipinski definition) is 1. The van der Waals surface area contributed by atoms with E-state index in [1.54, 1.807) is 0 Å². The molecule has 0 aromatic rings. The smallest absolute Gasteiger partial charge is 0.225 e. The van der Waals surface area contributed by atoms with E-state index in [2.05, 4.69) is 13.8 Å². The lowest BCUT2D eigenvalue weighted by molar-refractivity contribution is -0.139. The highest BCUT2D eigenvalue weighted by Crippen LogP contribution is 2.49. The fourth-order valence-corrected chi connectivity index (χ4v) is 3.09. The van der Waals surface area contributed by atoms with Gasteiger partial charge in [-0.25, -0.2) is 0 Å². The molecule has 0 aromatic carbocycles. The summed E-state index contributed by atoms with van der Waals surface area (Å²) >= 11 is 0. The summed E-state index contributed by atoms with van der Waals surface area (Å²) in [7, 11) is 1.89. The van der Waals surface area contributed by atoms with Gasteiger partial charge in [-0.2, -0.15) is 0 Å². The van der Waals surface area contributed by atoms with E-state index in [0.717, 1.165) is 25.7 Å². The molecule has 18 heavy (non-hydrogen) atoms. The van der Waals surface area contributed by atoms with Gasteiger partial charge in [0.05, 0.1) is 12.0 Å². The van der Waals surface area contributed by atoms with Crippen LogP contribution in [-0.4, -0.2) is 34.6 Å². The van der Waals surface area contributed by atoms with Crippen LogP contribution in [0.3, 0.4) is 0 Å². The van der Waals surface area contributed by atoms with E-state index < -0.39 is 5.60 Å². The second kappa shape index (κ2) is 4.84. The lowest BCUT2D eigenvalue weighted by Crippen LogP contribution is -2.44. The molecule has 1 atom stereocenters. The van der Waals surface area contributed by atoms with E-state index in [-0.39, 0.29) is 11.9 Å². The summed E-state index contributed by atoms with van der Waals surface area (Å²) < 4.78 is 0. The fraction of sp³-hybridized carbons (Fsp3) is 0.933. The zero-order valence-electron chi connectivity index (χ0n) is 12.0. The van der Waals surface area contributed by atoms with Crippen molar-refractivity contribution in [1.82, 2.24) is 4.90 Å². The lowest BCUT2D eigenvalue weighted by atomic mass is 9.82. The molecule has 1 unspecified atom stereocenters. The molecule has 3 nitrogen and oxygen atoms in total. The molecule has 0 radical (unpaired) electrons. The second-order valence-corrected chi connectivity index (χ2v) is 6.80. The average Bonchev–Trinajstić information content (AvgIpc) is 3.07. The summed E-state index contributed by atoms with van der Waals surface area (Å²) in [5.41, 5.74) is -0.409. The van der Waals surface area contributed by atoms with Crippen LogP contribution >= 0.6 is 0 Å². The minimum Gasteiger partial charge on any atom is -0.389 e. The van der Waals surface area contributed by atoms with Gasteiger partial charge in [0.1, 0.15) is 0 Å². The van der Waals surface area contributed by atoms with E-state index in [4.69, 9.17) is 0 Å². The number of carbonyl (C=O) groups is 1. The Bertz CT molecular complexity index is 316. The van der Waals surface area contributed by atoms with Crippen molar-refractivity contribution in [2.24, 2.45) is 5.41 Å². The molecule has 0 saturated heterocycles. The molecule has 1 amide bonds. The maximum atomic E-state index is 12.3. The van der Waals surface area contributed by atoms with Gasteiger partial charge in [-0.1, -0.05) is 26.2 Å². The van der Waals surface area contributed by atoms with E-state index in [0.29, 0.717) is 11.8 Å². The standard InChI is InChI=1S/C15H27NO2/c1-12(14(2)9-10-14)16(3)13(17)11-15(18)7-5-4-6-8-15/h12,18H,4-11H2,1-3H3. The Hall–Kier alpha value is -0.570. The molecule has 3 heteroatoms. The number of aliphatic hydroxyl groups is 1. The summed E-state index contributed by atoms with van der Waals surface area (Å²) in [6.45, 7) is 4.38. The van der Waals surface area contributed by atoms with Crippen molar-refractivity contribution in [2.75, 3.05) is 7.05 Å². The van der Waals surface area contributed by atoms with Crippen molar-refractivity contribution in [3.63, 3.8) is 0 Å². The normalized spacial score (nSPS) is 26.4. The van der Waals surface area contributed by atoms with Crippen LogP contribution in [-0.2, 0) is 4.79 Å². The van der Waals surface area contributed by atoms with E-state index >= 15 is 0 Å². The zero-order valence-corrected chi connectivity index (χ0v) is 12.0. The van der Waals surface area contributed by atoms with Crippen LogP contribution in [0.5, 0.6) is 0 Å². The van der Waals surface area contributed by atoms with Gasteiger partial charge >= 0.3 is 0 Å². The van der Waals surface area contributed by atoms with Gasteiger partial charge in [-0.15, -0.1) is 0 Å². The maximum Gasteiger partial charge on any atom is 0.225 e. The molecule has 2 saturated carbocycles. The molecule has 0 bridgehead atoms. The van der Waals surface area contributed by atoms with Crippen LogP contribution < -0.4 is 0 Å². The number of hydrogen-bond acceptors (Lipinski definition) is 2. The average molecular weight is 253 g/mol. The first-order valence-corrected chi connectivity index (χ1v) is 7.34. The molecule has 0 aliphatic heterocycles. The van der Waals surface area contributed by atoms with E-state index in [1.807, 2.05) is 11.9 Å². The van der Waals surface area contributed by atoms with Crippen molar-refractivity contribution in [3.05, 3.63) is 0 Å². The Balaban J connectivity index is 1.90. The highest BCUT2D eigenvalue weighted by Gasteiger charge is 2.45. The monoisotopic (exact) mass is 253 g/mol. The second-order valence-electron chi connectivity index (χ2n) is 6.80. The Labute approximate surface area is 111 Å². The summed E-state index contributed by atoms with van der Waals surface area (Å²) in [4.78, 5) is 14.2. The third kappa shape index (κ3) is 2.87. The molecule has 1 N–H and O–H groups in total. The van der Waals surface area contributed by atoms with Crippen LogP contribution in [0.15, 0.2) is 0 Å². The van der Waals surface area contributed by atoms with Gasteiger partial charge in [-0.3, -0.25) is 4.79 Å². The number of rotatable bonds is 4. The molecule has 104 valence electrons. The summed E-state index contributed by atoms with van der Waals surface area (Å²) in [5, 5.41) is 10.4. The third-order valence-electron chi connectivity index (χ3n) is 5.29. The number of amides is 1. The first-order valence-electron chi connectivity index (χ1n) is 7.34. The highest BCUT2D eigenvalue weighted by molar-refractivity contribution is 5.77. The van der Waals surface area contributed by atoms with Crippen molar-refractivity contribution in [1.29, 1.82) is 0 Å². The predicted octanol–water partition coefficient (Wildman–Crippen LogP) is 2.72. The molecular formula is C15H27NO2. The first kappa shape index (κ1) is 13.9. The Morgan fingerprint density at radius 3 is 2.28 bits per heavy atom. The molecule has 0 heterocycles. The summed E-state index contributed by atoms with van der Waals surface area (Å²) in [6.07, 6.45) is 7.63. The lowest BCUT2D eigenvalue weighted by Gasteiger charge is -2.36. The van der Waals surface area contributed by atoms with Crippen LogP contribution in [0.1, 0.15) is 65.2 Å². The highest BCUT2D eigenvalue weighted by atomic mass is 16.3. The van der Waals surface area contributed by atoms with Crippen LogP contribution in [0.2, 0.25) is 0 Å². The Morgan fingerprint density at radius 1 is 1.22 bits per heavy atom. The van der Waals surface area contributed by atoms with Crippen molar-refractivity contribution < 1.29 is 9.90 Å². The Kier molecular flexibility index (Phi) is 3.72. The third-order valence-corrected chi connectivity index (χ3v) is 5.29. The van der Waals surface area contributed by atoms with Gasteiger partial charge in [0.2, 0.25) is 5.91 Å². The molecule has 2 aliphatic carbocycles. The SMILES string of the molecule is CC(N(C)C(=O)CC1(O)CCCCC1)C1(C)CC1. The quantitative estimate of drug-likeness (QED) is 0.837. The molecule has 0 aromatic heterocycles. The predicted molar refractivity (Wildman–Crippen MR) is 72.2 cm³/mol. The minimum atomic E-state index is -0.728. The van der Waals surface area contributed by atoms with Crippen molar-refractivity contribution in [2.45, 2.75) is 76.9 Å². The molecule has 0 spiro atoms. The van der Waals surface area contributed by atoms with Crippen molar-refractivity contribution in [3.8, 4) is 0 Å². The van der Waals surface area contributed by atoms with E-state index in [9.17, 15) is 9.90 Å². The maximum absolute atomic E-state index is 12.3. The molecule has 2 rings (SSSR count). The van der Waals surface area contributed by atoms with Crippen LogP contribution in [0, 0.1) is 5.41 Å². The topological polar surface area (TPSA) is 40.5 Å². The molecular weight excluding hydrogens is 226 g/mol.